The molecule has 0 saturated heterocycles. The highest BCUT2D eigenvalue weighted by molar-refractivity contribution is 6.26. The molecule has 4 rings (SSSR count). The summed E-state index contributed by atoms with van der Waals surface area (Å²) in [6, 6.07) is 10.6. The molecule has 2 aromatic rings. The van der Waals surface area contributed by atoms with Crippen LogP contribution in [0.3, 0.4) is 0 Å². The second-order valence-electron chi connectivity index (χ2n) is 6.74. The Hall–Kier alpha value is -2.20. The first-order chi connectivity index (χ1) is 10.9. The van der Waals surface area contributed by atoms with E-state index < -0.39 is 16.9 Å². The van der Waals surface area contributed by atoms with Crippen molar-refractivity contribution in [3.63, 3.8) is 0 Å². The van der Waals surface area contributed by atoms with Crippen LogP contribution >= 0.6 is 0 Å². The standard InChI is InChI=1S/C19H17O4/c1-18(2)16-14(20)13-12(17(21)19(16,18)23-4)9-10-7-5-6-8-11(10)15(13)22-3/h5-8,16H,1-4H3. The predicted octanol–water partition coefficient (Wildman–Crippen LogP) is 3.07. The van der Waals surface area contributed by atoms with Crippen LogP contribution in [-0.2, 0) is 4.74 Å². The fraction of sp³-hybridized carbons (Fsp3) is 0.368. The fourth-order valence-electron chi connectivity index (χ4n) is 4.32. The highest BCUT2D eigenvalue weighted by atomic mass is 16.5. The second-order valence-corrected chi connectivity index (χ2v) is 6.74. The van der Waals surface area contributed by atoms with Crippen molar-refractivity contribution in [3.05, 3.63) is 41.5 Å². The van der Waals surface area contributed by atoms with Crippen molar-refractivity contribution >= 4 is 22.3 Å². The Morgan fingerprint density at radius 2 is 1.83 bits per heavy atom. The lowest BCUT2D eigenvalue weighted by atomic mass is 9.84. The Bertz CT molecular complexity index is 880. The van der Waals surface area contributed by atoms with Gasteiger partial charge in [0.05, 0.1) is 18.6 Å². The predicted molar refractivity (Wildman–Crippen MR) is 85.0 cm³/mol. The number of hydrogen-bond donors (Lipinski definition) is 0. The molecule has 2 atom stereocenters. The van der Waals surface area contributed by atoms with E-state index >= 15 is 0 Å². The molecule has 0 aliphatic heterocycles. The molecule has 2 aromatic carbocycles. The highest BCUT2D eigenvalue weighted by Gasteiger charge is 2.81. The van der Waals surface area contributed by atoms with E-state index in [4.69, 9.17) is 9.47 Å². The molecule has 0 N–H and O–H groups in total. The number of ether oxygens (including phenoxy) is 2. The number of fused-ring (bicyclic) bond motifs is 3. The first kappa shape index (κ1) is 14.4. The minimum atomic E-state index is -1.07. The maximum absolute atomic E-state index is 13.1. The van der Waals surface area contributed by atoms with Crippen LogP contribution < -0.4 is 4.74 Å². The molecule has 0 spiro atoms. The second kappa shape index (κ2) is 4.20. The zero-order valence-electron chi connectivity index (χ0n) is 13.5. The zero-order chi connectivity index (χ0) is 16.6. The van der Waals surface area contributed by atoms with E-state index in [2.05, 4.69) is 6.07 Å². The quantitative estimate of drug-likeness (QED) is 0.855. The van der Waals surface area contributed by atoms with Crippen LogP contribution in [0.4, 0.5) is 0 Å². The molecule has 2 unspecified atom stereocenters. The van der Waals surface area contributed by atoms with E-state index in [-0.39, 0.29) is 17.1 Å². The Morgan fingerprint density at radius 3 is 2.48 bits per heavy atom. The van der Waals surface area contributed by atoms with Gasteiger partial charge in [0, 0.05) is 29.5 Å². The maximum Gasteiger partial charge on any atom is 0.197 e. The number of carbonyl (C=O) groups excluding carboxylic acids is 2. The van der Waals surface area contributed by atoms with Gasteiger partial charge in [-0.05, 0) is 5.39 Å². The number of rotatable bonds is 2. The van der Waals surface area contributed by atoms with Gasteiger partial charge in [-0.2, -0.15) is 0 Å². The van der Waals surface area contributed by atoms with E-state index in [0.717, 1.165) is 10.8 Å². The van der Waals surface area contributed by atoms with E-state index in [1.54, 1.807) is 0 Å². The summed E-state index contributed by atoms with van der Waals surface area (Å²) in [6.07, 6.45) is 0. The van der Waals surface area contributed by atoms with E-state index in [1.807, 2.05) is 38.1 Å². The van der Waals surface area contributed by atoms with Crippen LogP contribution in [0.25, 0.3) is 10.8 Å². The van der Waals surface area contributed by atoms with Crippen LogP contribution in [0.15, 0.2) is 24.3 Å². The molecule has 0 heterocycles. The van der Waals surface area contributed by atoms with Crippen molar-refractivity contribution in [2.24, 2.45) is 11.3 Å². The molecule has 0 bridgehead atoms. The summed E-state index contributed by atoms with van der Waals surface area (Å²) < 4.78 is 11.1. The third-order valence-corrected chi connectivity index (χ3v) is 5.51. The van der Waals surface area contributed by atoms with Gasteiger partial charge in [0.2, 0.25) is 0 Å². The SMILES string of the molecule is COc1c2c([c]c3ccccc13)C(=O)C1(OC)C(C2=O)C1(C)C. The summed E-state index contributed by atoms with van der Waals surface area (Å²) in [5.74, 6) is -0.275. The van der Waals surface area contributed by atoms with Crippen LogP contribution in [0.2, 0.25) is 0 Å². The maximum atomic E-state index is 13.1. The van der Waals surface area contributed by atoms with Gasteiger partial charge < -0.3 is 9.47 Å². The van der Waals surface area contributed by atoms with E-state index in [9.17, 15) is 9.59 Å². The molecule has 2 aliphatic rings. The van der Waals surface area contributed by atoms with E-state index in [1.165, 1.54) is 14.2 Å². The lowest BCUT2D eigenvalue weighted by Crippen LogP contribution is -2.37. The van der Waals surface area contributed by atoms with Gasteiger partial charge in [-0.1, -0.05) is 38.1 Å². The molecule has 4 nitrogen and oxygen atoms in total. The summed E-state index contributed by atoms with van der Waals surface area (Å²) in [5, 5.41) is 1.55. The number of carbonyl (C=O) groups is 2. The molecule has 2 aliphatic carbocycles. The number of methoxy groups -OCH3 is 2. The van der Waals surface area contributed by atoms with Gasteiger partial charge in [0.1, 0.15) is 11.4 Å². The first-order valence-electron chi connectivity index (χ1n) is 7.58. The topological polar surface area (TPSA) is 52.6 Å². The first-order valence-corrected chi connectivity index (χ1v) is 7.58. The average Bonchev–Trinajstić information content (AvgIpc) is 3.08. The minimum absolute atomic E-state index is 0.0923. The molecule has 1 saturated carbocycles. The third-order valence-electron chi connectivity index (χ3n) is 5.51. The van der Waals surface area contributed by atoms with Gasteiger partial charge in [0.25, 0.3) is 0 Å². The molecular formula is C19H17O4. The van der Waals surface area contributed by atoms with Crippen LogP contribution in [0.1, 0.15) is 34.6 Å². The summed E-state index contributed by atoms with van der Waals surface area (Å²) >= 11 is 0. The molecule has 117 valence electrons. The third kappa shape index (κ3) is 1.41. The van der Waals surface area contributed by atoms with Gasteiger partial charge in [-0.3, -0.25) is 9.59 Å². The van der Waals surface area contributed by atoms with Gasteiger partial charge in [-0.25, -0.2) is 0 Å². The Labute approximate surface area is 134 Å². The minimum Gasteiger partial charge on any atom is -0.495 e. The fourth-order valence-corrected chi connectivity index (χ4v) is 4.32. The Morgan fingerprint density at radius 1 is 1.13 bits per heavy atom. The van der Waals surface area contributed by atoms with Crippen molar-refractivity contribution < 1.29 is 19.1 Å². The molecule has 4 heteroatoms. The molecule has 1 fully saturated rings. The Kier molecular flexibility index (Phi) is 2.63. The number of Topliss-reactive ketones (excluding diaryl/α,β-unsaturated/α-hetero) is 2. The van der Waals surface area contributed by atoms with Crippen LogP contribution in [0, 0.1) is 17.4 Å². The number of hydrogen-bond acceptors (Lipinski definition) is 4. The number of ketones is 2. The van der Waals surface area contributed by atoms with Crippen molar-refractivity contribution in [2.45, 2.75) is 19.4 Å². The normalized spacial score (nSPS) is 27.6. The van der Waals surface area contributed by atoms with Crippen LogP contribution in [0.5, 0.6) is 5.75 Å². The van der Waals surface area contributed by atoms with Gasteiger partial charge in [0.15, 0.2) is 11.6 Å². The molecule has 0 amide bonds. The molecule has 0 aromatic heterocycles. The summed E-state index contributed by atoms with van der Waals surface area (Å²) in [6.45, 7) is 3.80. The van der Waals surface area contributed by atoms with Crippen molar-refractivity contribution in [1.82, 2.24) is 0 Å². The largest absolute Gasteiger partial charge is 0.495 e. The molecular weight excluding hydrogens is 292 g/mol. The van der Waals surface area contributed by atoms with Crippen molar-refractivity contribution in [1.29, 1.82) is 0 Å². The zero-order valence-corrected chi connectivity index (χ0v) is 13.5. The molecule has 1 radical (unpaired) electrons. The monoisotopic (exact) mass is 309 g/mol. The van der Waals surface area contributed by atoms with E-state index in [0.29, 0.717) is 11.3 Å². The van der Waals surface area contributed by atoms with Crippen molar-refractivity contribution in [3.8, 4) is 5.75 Å². The Balaban J connectivity index is 2.09. The van der Waals surface area contributed by atoms with Gasteiger partial charge in [-0.15, -0.1) is 0 Å². The summed E-state index contributed by atoms with van der Waals surface area (Å²) in [5.41, 5.74) is -0.963. The average molecular weight is 309 g/mol. The summed E-state index contributed by atoms with van der Waals surface area (Å²) in [4.78, 5) is 26.2. The summed E-state index contributed by atoms with van der Waals surface area (Å²) in [7, 11) is 3.02. The molecule has 23 heavy (non-hydrogen) atoms. The van der Waals surface area contributed by atoms with Crippen molar-refractivity contribution in [2.75, 3.05) is 14.2 Å². The smallest absolute Gasteiger partial charge is 0.197 e. The number of benzene rings is 2. The lowest BCUT2D eigenvalue weighted by molar-refractivity contribution is 0.0312. The highest BCUT2D eigenvalue weighted by Crippen LogP contribution is 2.68. The van der Waals surface area contributed by atoms with Crippen LogP contribution in [-0.4, -0.2) is 31.4 Å². The van der Waals surface area contributed by atoms with Gasteiger partial charge >= 0.3 is 0 Å². The lowest BCUT2D eigenvalue weighted by Gasteiger charge is -2.24.